The Hall–Kier alpha value is -0.540. The van der Waals surface area contributed by atoms with E-state index in [0.717, 1.165) is 10.0 Å². The van der Waals surface area contributed by atoms with Crippen LogP contribution < -0.4 is 5.32 Å². The lowest BCUT2D eigenvalue weighted by Crippen LogP contribution is -2.26. The van der Waals surface area contributed by atoms with Crippen LogP contribution in [0.15, 0.2) is 28.7 Å². The van der Waals surface area contributed by atoms with E-state index >= 15 is 0 Å². The number of rotatable bonds is 4. The standard InChI is InChI=1S/C11H13BrClNO/c1-8(14-11(15)6-7-13)9-2-4-10(12)5-3-9/h2-5,8H,6-7H2,1H3,(H,14,15)/t8-/m0/s1. The lowest BCUT2D eigenvalue weighted by atomic mass is 10.1. The minimum Gasteiger partial charge on any atom is -0.350 e. The monoisotopic (exact) mass is 289 g/mol. The smallest absolute Gasteiger partial charge is 0.221 e. The van der Waals surface area contributed by atoms with E-state index in [0.29, 0.717) is 12.3 Å². The first kappa shape index (κ1) is 12.5. The maximum absolute atomic E-state index is 11.3. The fourth-order valence-electron chi connectivity index (χ4n) is 1.23. The fourth-order valence-corrected chi connectivity index (χ4v) is 1.67. The minimum absolute atomic E-state index is 0.0135. The van der Waals surface area contributed by atoms with Crippen LogP contribution in [0.1, 0.15) is 24.9 Å². The molecule has 0 fully saturated rings. The van der Waals surface area contributed by atoms with Crippen LogP contribution in [0.2, 0.25) is 0 Å². The van der Waals surface area contributed by atoms with Crippen molar-refractivity contribution in [3.05, 3.63) is 34.3 Å². The van der Waals surface area contributed by atoms with Crippen molar-refractivity contribution in [1.82, 2.24) is 5.32 Å². The molecule has 0 bridgehead atoms. The highest BCUT2D eigenvalue weighted by Gasteiger charge is 2.08. The lowest BCUT2D eigenvalue weighted by Gasteiger charge is -2.13. The molecule has 0 aliphatic heterocycles. The van der Waals surface area contributed by atoms with Crippen LogP contribution >= 0.6 is 27.5 Å². The summed E-state index contributed by atoms with van der Waals surface area (Å²) in [6.07, 6.45) is 0.364. The Morgan fingerprint density at radius 1 is 1.47 bits per heavy atom. The molecule has 1 rings (SSSR count). The first-order valence-electron chi connectivity index (χ1n) is 4.74. The molecule has 0 saturated heterocycles. The summed E-state index contributed by atoms with van der Waals surface area (Å²) in [5.74, 6) is 0.347. The quantitative estimate of drug-likeness (QED) is 0.847. The van der Waals surface area contributed by atoms with E-state index < -0.39 is 0 Å². The second kappa shape index (κ2) is 6.13. The molecule has 0 unspecified atom stereocenters. The predicted molar refractivity (Wildman–Crippen MR) is 66.0 cm³/mol. The zero-order chi connectivity index (χ0) is 11.3. The first-order chi connectivity index (χ1) is 7.13. The van der Waals surface area contributed by atoms with Crippen molar-refractivity contribution in [1.29, 1.82) is 0 Å². The van der Waals surface area contributed by atoms with Crippen molar-refractivity contribution in [2.24, 2.45) is 0 Å². The van der Waals surface area contributed by atoms with Crippen molar-refractivity contribution in [3.8, 4) is 0 Å². The second-order valence-electron chi connectivity index (χ2n) is 3.28. The Balaban J connectivity index is 2.57. The molecule has 0 saturated carbocycles. The molecular weight excluding hydrogens is 277 g/mol. The molecule has 2 nitrogen and oxygen atoms in total. The summed E-state index contributed by atoms with van der Waals surface area (Å²) >= 11 is 8.85. The molecule has 0 heterocycles. The van der Waals surface area contributed by atoms with Gasteiger partial charge in [-0.15, -0.1) is 11.6 Å². The molecule has 1 amide bonds. The summed E-state index contributed by atoms with van der Waals surface area (Å²) in [7, 11) is 0. The SMILES string of the molecule is C[C@H](NC(=O)CCCl)c1ccc(Br)cc1. The lowest BCUT2D eigenvalue weighted by molar-refractivity contribution is -0.121. The van der Waals surface area contributed by atoms with Crippen LogP contribution in [-0.2, 0) is 4.79 Å². The van der Waals surface area contributed by atoms with Gasteiger partial charge in [0.2, 0.25) is 5.91 Å². The van der Waals surface area contributed by atoms with Gasteiger partial charge in [-0.3, -0.25) is 4.79 Å². The number of carbonyl (C=O) groups is 1. The largest absolute Gasteiger partial charge is 0.350 e. The first-order valence-corrected chi connectivity index (χ1v) is 6.07. The van der Waals surface area contributed by atoms with Gasteiger partial charge in [-0.25, -0.2) is 0 Å². The van der Waals surface area contributed by atoms with E-state index in [9.17, 15) is 4.79 Å². The van der Waals surface area contributed by atoms with Crippen molar-refractivity contribution >= 4 is 33.4 Å². The fraction of sp³-hybridized carbons (Fsp3) is 0.364. The van der Waals surface area contributed by atoms with Gasteiger partial charge in [0.1, 0.15) is 0 Å². The number of carbonyl (C=O) groups excluding carboxylic acids is 1. The maximum atomic E-state index is 11.3. The number of nitrogens with one attached hydrogen (secondary N) is 1. The molecule has 0 aromatic heterocycles. The number of hydrogen-bond acceptors (Lipinski definition) is 1. The maximum Gasteiger partial charge on any atom is 0.221 e. The van der Waals surface area contributed by atoms with Gasteiger partial charge in [0.05, 0.1) is 6.04 Å². The Morgan fingerprint density at radius 3 is 2.60 bits per heavy atom. The highest BCUT2D eigenvalue weighted by atomic mass is 79.9. The topological polar surface area (TPSA) is 29.1 Å². The van der Waals surface area contributed by atoms with Gasteiger partial charge in [-0.05, 0) is 24.6 Å². The molecule has 82 valence electrons. The molecule has 4 heteroatoms. The van der Waals surface area contributed by atoms with Crippen molar-refractivity contribution in [2.75, 3.05) is 5.88 Å². The van der Waals surface area contributed by atoms with E-state index in [4.69, 9.17) is 11.6 Å². The second-order valence-corrected chi connectivity index (χ2v) is 4.57. The summed E-state index contributed by atoms with van der Waals surface area (Å²) in [4.78, 5) is 11.3. The molecule has 0 aliphatic rings. The van der Waals surface area contributed by atoms with Gasteiger partial charge in [0.25, 0.3) is 0 Å². The number of hydrogen-bond donors (Lipinski definition) is 1. The van der Waals surface area contributed by atoms with Gasteiger partial charge in [-0.1, -0.05) is 28.1 Å². The summed E-state index contributed by atoms with van der Waals surface area (Å²) in [6, 6.07) is 7.90. The van der Waals surface area contributed by atoms with Crippen LogP contribution in [0.3, 0.4) is 0 Å². The van der Waals surface area contributed by atoms with Gasteiger partial charge < -0.3 is 5.32 Å². The van der Waals surface area contributed by atoms with Gasteiger partial charge in [0, 0.05) is 16.8 Å². The van der Waals surface area contributed by atoms with E-state index in [1.54, 1.807) is 0 Å². The van der Waals surface area contributed by atoms with Crippen molar-refractivity contribution in [2.45, 2.75) is 19.4 Å². The van der Waals surface area contributed by atoms with Crippen LogP contribution in [0.5, 0.6) is 0 Å². The van der Waals surface area contributed by atoms with E-state index in [1.165, 1.54) is 0 Å². The highest BCUT2D eigenvalue weighted by molar-refractivity contribution is 9.10. The zero-order valence-corrected chi connectivity index (χ0v) is 10.8. The molecular formula is C11H13BrClNO. The molecule has 0 aliphatic carbocycles. The van der Waals surface area contributed by atoms with Crippen LogP contribution in [0.4, 0.5) is 0 Å². The number of amides is 1. The van der Waals surface area contributed by atoms with Crippen LogP contribution in [0, 0.1) is 0 Å². The molecule has 1 N–H and O–H groups in total. The third kappa shape index (κ3) is 4.22. The average Bonchev–Trinajstić information content (AvgIpc) is 2.18. The Labute approximate surface area is 103 Å². The molecule has 15 heavy (non-hydrogen) atoms. The number of alkyl halides is 1. The molecule has 1 atom stereocenters. The Morgan fingerprint density at radius 2 is 2.07 bits per heavy atom. The van der Waals surface area contributed by atoms with Gasteiger partial charge in [0.15, 0.2) is 0 Å². The van der Waals surface area contributed by atoms with Crippen LogP contribution in [-0.4, -0.2) is 11.8 Å². The zero-order valence-electron chi connectivity index (χ0n) is 8.47. The van der Waals surface area contributed by atoms with Crippen LogP contribution in [0.25, 0.3) is 0 Å². The Kier molecular flexibility index (Phi) is 5.12. The molecule has 1 aromatic rings. The minimum atomic E-state index is -0.0135. The summed E-state index contributed by atoms with van der Waals surface area (Å²) in [5.41, 5.74) is 1.08. The summed E-state index contributed by atoms with van der Waals surface area (Å²) < 4.78 is 1.03. The van der Waals surface area contributed by atoms with E-state index in [-0.39, 0.29) is 11.9 Å². The number of halogens is 2. The van der Waals surface area contributed by atoms with E-state index in [1.807, 2.05) is 31.2 Å². The highest BCUT2D eigenvalue weighted by Crippen LogP contribution is 2.16. The molecule has 0 spiro atoms. The van der Waals surface area contributed by atoms with Gasteiger partial charge >= 0.3 is 0 Å². The van der Waals surface area contributed by atoms with Gasteiger partial charge in [-0.2, -0.15) is 0 Å². The van der Waals surface area contributed by atoms with E-state index in [2.05, 4.69) is 21.2 Å². The van der Waals surface area contributed by atoms with Crippen molar-refractivity contribution in [3.63, 3.8) is 0 Å². The predicted octanol–water partition coefficient (Wildman–Crippen LogP) is 3.26. The molecule has 0 radical (unpaired) electrons. The third-order valence-electron chi connectivity index (χ3n) is 2.07. The third-order valence-corrected chi connectivity index (χ3v) is 2.79. The van der Waals surface area contributed by atoms with Crippen molar-refractivity contribution < 1.29 is 4.79 Å². The Bertz CT molecular complexity index is 326. The normalized spacial score (nSPS) is 12.2. The summed E-state index contributed by atoms with van der Waals surface area (Å²) in [5, 5.41) is 2.88. The average molecular weight is 291 g/mol. The summed E-state index contributed by atoms with van der Waals surface area (Å²) in [6.45, 7) is 1.95. The molecule has 1 aromatic carbocycles. The number of benzene rings is 1.